The summed E-state index contributed by atoms with van der Waals surface area (Å²) in [4.78, 5) is 32.9. The van der Waals surface area contributed by atoms with Crippen LogP contribution in [0.3, 0.4) is 0 Å². The van der Waals surface area contributed by atoms with Crippen LogP contribution >= 0.6 is 27.5 Å². The highest BCUT2D eigenvalue weighted by Crippen LogP contribution is 2.24. The maximum absolute atomic E-state index is 12.9. The molecule has 3 heterocycles. The van der Waals surface area contributed by atoms with Crippen LogP contribution in [0.5, 0.6) is 0 Å². The van der Waals surface area contributed by atoms with Crippen molar-refractivity contribution in [2.45, 2.75) is 6.54 Å². The van der Waals surface area contributed by atoms with Crippen LogP contribution < -0.4 is 11.2 Å². The van der Waals surface area contributed by atoms with E-state index in [1.807, 2.05) is 18.2 Å². The van der Waals surface area contributed by atoms with Crippen LogP contribution in [0.25, 0.3) is 22.1 Å². The monoisotopic (exact) mass is 421 g/mol. The average Bonchev–Trinajstić information content (AvgIpc) is 3.12. The number of rotatable bonds is 2. The number of aromatic nitrogens is 5. The van der Waals surface area contributed by atoms with E-state index in [-0.39, 0.29) is 12.1 Å². The first-order chi connectivity index (χ1) is 11.9. The molecule has 128 valence electrons. The molecular weight excluding hydrogens is 410 g/mol. The zero-order valence-electron chi connectivity index (χ0n) is 13.4. The van der Waals surface area contributed by atoms with Gasteiger partial charge in [0.2, 0.25) is 0 Å². The topological polar surface area (TPSA) is 77.6 Å². The summed E-state index contributed by atoms with van der Waals surface area (Å²) in [7, 11) is 3.32. The normalized spacial score (nSPS) is 11.7. The molecule has 0 saturated carbocycles. The Morgan fingerprint density at radius 1 is 1.24 bits per heavy atom. The van der Waals surface area contributed by atoms with Crippen molar-refractivity contribution in [3.05, 3.63) is 60.6 Å². The zero-order valence-corrected chi connectivity index (χ0v) is 15.7. The zero-order chi connectivity index (χ0) is 17.9. The standard InChI is InChI=1S/C16H13BrClN5O2/c1-21-12-13(20-15(21)17)22(2)16(25)23(14(12)24)7-8-6-9-10(18)4-3-5-11(9)19-8/h3-6,19H,7H2,1-2H3. The van der Waals surface area contributed by atoms with Crippen molar-refractivity contribution >= 4 is 49.6 Å². The Morgan fingerprint density at radius 2 is 2.00 bits per heavy atom. The number of imidazole rings is 1. The van der Waals surface area contributed by atoms with E-state index in [4.69, 9.17) is 11.6 Å². The predicted molar refractivity (Wildman–Crippen MR) is 100 cm³/mol. The predicted octanol–water partition coefficient (Wildman–Crippen LogP) is 2.38. The molecule has 0 saturated heterocycles. The second-order valence-corrected chi connectivity index (χ2v) is 6.96. The van der Waals surface area contributed by atoms with Gasteiger partial charge in [-0.3, -0.25) is 13.9 Å². The molecule has 0 aliphatic heterocycles. The summed E-state index contributed by atoms with van der Waals surface area (Å²) < 4.78 is 4.67. The van der Waals surface area contributed by atoms with Crippen molar-refractivity contribution in [3.63, 3.8) is 0 Å². The van der Waals surface area contributed by atoms with Gasteiger partial charge in [0, 0.05) is 35.7 Å². The van der Waals surface area contributed by atoms with Gasteiger partial charge in [0.15, 0.2) is 15.9 Å². The molecule has 0 aliphatic rings. The number of fused-ring (bicyclic) bond motifs is 2. The van der Waals surface area contributed by atoms with Crippen molar-refractivity contribution in [3.8, 4) is 0 Å². The van der Waals surface area contributed by atoms with Crippen molar-refractivity contribution in [2.24, 2.45) is 14.1 Å². The van der Waals surface area contributed by atoms with Crippen LogP contribution in [0.1, 0.15) is 5.69 Å². The lowest BCUT2D eigenvalue weighted by atomic mass is 10.2. The first-order valence-corrected chi connectivity index (χ1v) is 8.63. The van der Waals surface area contributed by atoms with Crippen LogP contribution in [0, 0.1) is 0 Å². The molecule has 0 atom stereocenters. The summed E-state index contributed by atoms with van der Waals surface area (Å²) in [5.74, 6) is 0. The molecule has 7 nitrogen and oxygen atoms in total. The lowest BCUT2D eigenvalue weighted by molar-refractivity contribution is 0.648. The van der Waals surface area contributed by atoms with Crippen molar-refractivity contribution in [1.82, 2.24) is 23.7 Å². The van der Waals surface area contributed by atoms with Gasteiger partial charge in [-0.2, -0.15) is 0 Å². The fraction of sp³-hybridized carbons (Fsp3) is 0.188. The number of hydrogen-bond donors (Lipinski definition) is 1. The molecule has 4 aromatic rings. The van der Waals surface area contributed by atoms with Gasteiger partial charge in [-0.1, -0.05) is 17.7 Å². The lowest BCUT2D eigenvalue weighted by Crippen LogP contribution is -2.39. The van der Waals surface area contributed by atoms with E-state index >= 15 is 0 Å². The first kappa shape index (κ1) is 16.2. The van der Waals surface area contributed by atoms with Gasteiger partial charge in [0.05, 0.1) is 6.54 Å². The third kappa shape index (κ3) is 2.36. The van der Waals surface area contributed by atoms with Crippen LogP contribution in [0.2, 0.25) is 5.02 Å². The number of aryl methyl sites for hydroxylation is 2. The molecule has 1 N–H and O–H groups in total. The Balaban J connectivity index is 1.94. The summed E-state index contributed by atoms with van der Waals surface area (Å²) in [6.45, 7) is 0.120. The van der Waals surface area contributed by atoms with Gasteiger partial charge < -0.3 is 9.55 Å². The summed E-state index contributed by atoms with van der Waals surface area (Å²) >= 11 is 9.48. The van der Waals surface area contributed by atoms with Gasteiger partial charge in [-0.15, -0.1) is 0 Å². The Bertz CT molecular complexity index is 1260. The molecule has 0 unspecified atom stereocenters. The third-order valence-electron chi connectivity index (χ3n) is 4.30. The molecule has 9 heteroatoms. The minimum absolute atomic E-state index is 0.120. The van der Waals surface area contributed by atoms with E-state index in [0.29, 0.717) is 20.9 Å². The van der Waals surface area contributed by atoms with Crippen molar-refractivity contribution in [2.75, 3.05) is 0 Å². The van der Waals surface area contributed by atoms with Gasteiger partial charge >= 0.3 is 5.69 Å². The second-order valence-electron chi connectivity index (χ2n) is 5.84. The molecule has 0 amide bonds. The SMILES string of the molecule is Cn1c(Br)nc2c1c(=O)n(Cc1cc3c(Cl)cccc3[nH]1)c(=O)n2C. The number of nitrogens with one attached hydrogen (secondary N) is 1. The van der Waals surface area contributed by atoms with Crippen LogP contribution in [-0.2, 0) is 20.6 Å². The van der Waals surface area contributed by atoms with Gasteiger partial charge in [-0.25, -0.2) is 9.78 Å². The fourth-order valence-corrected chi connectivity index (χ4v) is 3.56. The highest BCUT2D eigenvalue weighted by molar-refractivity contribution is 9.10. The maximum Gasteiger partial charge on any atom is 0.332 e. The fourth-order valence-electron chi connectivity index (χ4n) is 2.99. The molecule has 0 spiro atoms. The minimum Gasteiger partial charge on any atom is -0.357 e. The summed E-state index contributed by atoms with van der Waals surface area (Å²) in [6, 6.07) is 7.39. The van der Waals surface area contributed by atoms with E-state index in [1.165, 1.54) is 9.13 Å². The number of nitrogens with zero attached hydrogens (tertiary/aromatic N) is 4. The molecule has 4 rings (SSSR count). The summed E-state index contributed by atoms with van der Waals surface area (Å²) in [5.41, 5.74) is 1.49. The van der Waals surface area contributed by atoms with E-state index in [0.717, 1.165) is 16.6 Å². The maximum atomic E-state index is 12.9. The molecule has 0 fully saturated rings. The van der Waals surface area contributed by atoms with Crippen LogP contribution in [-0.4, -0.2) is 23.7 Å². The Kier molecular flexibility index (Phi) is 3.62. The first-order valence-electron chi connectivity index (χ1n) is 7.46. The number of benzene rings is 1. The average molecular weight is 423 g/mol. The third-order valence-corrected chi connectivity index (χ3v) is 5.34. The number of aromatic amines is 1. The Labute approximate surface area is 154 Å². The van der Waals surface area contributed by atoms with E-state index in [1.54, 1.807) is 24.7 Å². The number of halogens is 2. The number of hydrogen-bond acceptors (Lipinski definition) is 3. The highest BCUT2D eigenvalue weighted by Gasteiger charge is 2.18. The molecule has 25 heavy (non-hydrogen) atoms. The Hall–Kier alpha value is -2.32. The molecule has 0 aliphatic carbocycles. The van der Waals surface area contributed by atoms with E-state index in [9.17, 15) is 9.59 Å². The largest absolute Gasteiger partial charge is 0.357 e. The van der Waals surface area contributed by atoms with E-state index < -0.39 is 5.69 Å². The van der Waals surface area contributed by atoms with Crippen molar-refractivity contribution < 1.29 is 0 Å². The van der Waals surface area contributed by atoms with Gasteiger partial charge in [-0.05, 0) is 34.1 Å². The minimum atomic E-state index is -0.423. The Morgan fingerprint density at radius 3 is 2.72 bits per heavy atom. The van der Waals surface area contributed by atoms with Crippen molar-refractivity contribution in [1.29, 1.82) is 0 Å². The summed E-state index contributed by atoms with van der Waals surface area (Å²) in [5, 5.41) is 1.47. The molecule has 0 radical (unpaired) electrons. The highest BCUT2D eigenvalue weighted by atomic mass is 79.9. The van der Waals surface area contributed by atoms with Crippen LogP contribution in [0.4, 0.5) is 0 Å². The van der Waals surface area contributed by atoms with Crippen LogP contribution in [0.15, 0.2) is 38.6 Å². The number of H-pyrrole nitrogens is 1. The molecular formula is C16H13BrClN5O2. The molecule has 0 bridgehead atoms. The lowest BCUT2D eigenvalue weighted by Gasteiger charge is -2.07. The quantitative estimate of drug-likeness (QED) is 0.504. The molecule has 3 aromatic heterocycles. The van der Waals surface area contributed by atoms with E-state index in [2.05, 4.69) is 25.9 Å². The summed E-state index contributed by atoms with van der Waals surface area (Å²) in [6.07, 6.45) is 0. The molecule has 1 aromatic carbocycles. The van der Waals surface area contributed by atoms with Gasteiger partial charge in [0.1, 0.15) is 0 Å². The second kappa shape index (κ2) is 5.60. The smallest absolute Gasteiger partial charge is 0.332 e. The van der Waals surface area contributed by atoms with Gasteiger partial charge in [0.25, 0.3) is 5.56 Å².